The summed E-state index contributed by atoms with van der Waals surface area (Å²) in [5, 5.41) is 4.64. The fraction of sp³-hybridized carbons (Fsp3) is 0.412. The van der Waals surface area contributed by atoms with Crippen LogP contribution in [0.15, 0.2) is 36.8 Å². The molecule has 0 spiro atoms. The molecule has 0 radical (unpaired) electrons. The van der Waals surface area contributed by atoms with Gasteiger partial charge in [-0.1, -0.05) is 26.8 Å². The maximum absolute atomic E-state index is 4.72. The second-order valence-corrected chi connectivity index (χ2v) is 5.78. The minimum Gasteiger partial charge on any atom is -0.334 e. The Kier molecular flexibility index (Phi) is 4.50. The van der Waals surface area contributed by atoms with Crippen LogP contribution >= 0.6 is 0 Å². The monoisotopic (exact) mass is 310 g/mol. The van der Waals surface area contributed by atoms with Crippen LogP contribution in [0.25, 0.3) is 5.82 Å². The molecule has 120 valence electrons. The quantitative estimate of drug-likeness (QED) is 0.702. The van der Waals surface area contributed by atoms with Crippen LogP contribution in [0.4, 0.5) is 0 Å². The highest BCUT2D eigenvalue weighted by Gasteiger charge is 2.15. The molecule has 0 fully saturated rings. The van der Waals surface area contributed by atoms with Gasteiger partial charge in [0.15, 0.2) is 11.6 Å². The Hall–Kier alpha value is -2.50. The number of pyridine rings is 1. The van der Waals surface area contributed by atoms with Gasteiger partial charge in [-0.15, -0.1) is 5.10 Å². The van der Waals surface area contributed by atoms with Crippen molar-refractivity contribution in [3.8, 4) is 5.82 Å². The van der Waals surface area contributed by atoms with E-state index in [0.717, 1.165) is 42.7 Å². The van der Waals surface area contributed by atoms with Gasteiger partial charge in [-0.2, -0.15) is 4.68 Å². The minimum absolute atomic E-state index is 0.290. The average molecular weight is 310 g/mol. The van der Waals surface area contributed by atoms with Gasteiger partial charge >= 0.3 is 0 Å². The van der Waals surface area contributed by atoms with E-state index in [1.165, 1.54) is 0 Å². The number of hydrogen-bond acceptors (Lipinski definition) is 4. The van der Waals surface area contributed by atoms with Crippen LogP contribution in [0.5, 0.6) is 0 Å². The summed E-state index contributed by atoms with van der Waals surface area (Å²) >= 11 is 0. The third-order valence-corrected chi connectivity index (χ3v) is 3.77. The molecule has 0 aliphatic rings. The maximum atomic E-state index is 4.72. The normalized spacial score (nSPS) is 11.3. The maximum Gasteiger partial charge on any atom is 0.155 e. The van der Waals surface area contributed by atoms with Gasteiger partial charge in [0.1, 0.15) is 11.6 Å². The van der Waals surface area contributed by atoms with E-state index in [1.54, 1.807) is 6.20 Å². The molecule has 3 aromatic rings. The standard InChI is InChI=1S/C17H22N6/c1-4-14-19-10-12-22(14)11-8-16-20-17(13(2)3)21-23(16)15-7-5-6-9-18-15/h5-7,9-10,12-13H,4,8,11H2,1-3H3. The predicted octanol–water partition coefficient (Wildman–Crippen LogP) is 2.79. The SMILES string of the molecule is CCc1nccn1CCc1nc(C(C)C)nn1-c1ccccn1. The van der Waals surface area contributed by atoms with Crippen molar-refractivity contribution in [3.63, 3.8) is 0 Å². The lowest BCUT2D eigenvalue weighted by Crippen LogP contribution is -2.10. The molecule has 3 rings (SSSR count). The number of aryl methyl sites for hydroxylation is 3. The van der Waals surface area contributed by atoms with Gasteiger partial charge < -0.3 is 4.57 Å². The molecule has 0 amide bonds. The Bertz CT molecular complexity index is 756. The van der Waals surface area contributed by atoms with Crippen molar-refractivity contribution in [2.24, 2.45) is 0 Å². The molecule has 0 saturated carbocycles. The van der Waals surface area contributed by atoms with Crippen molar-refractivity contribution in [2.45, 2.75) is 46.1 Å². The molecular formula is C17H22N6. The second kappa shape index (κ2) is 6.73. The molecule has 0 saturated heterocycles. The number of hydrogen-bond donors (Lipinski definition) is 0. The average Bonchev–Trinajstić information content (AvgIpc) is 3.20. The van der Waals surface area contributed by atoms with Gasteiger partial charge in [0.25, 0.3) is 0 Å². The summed E-state index contributed by atoms with van der Waals surface area (Å²) in [6, 6.07) is 5.83. The van der Waals surface area contributed by atoms with Crippen LogP contribution in [0.1, 0.15) is 44.2 Å². The first kappa shape index (κ1) is 15.4. The lowest BCUT2D eigenvalue weighted by molar-refractivity contribution is 0.623. The van der Waals surface area contributed by atoms with E-state index in [0.29, 0.717) is 0 Å². The zero-order chi connectivity index (χ0) is 16.2. The van der Waals surface area contributed by atoms with E-state index in [-0.39, 0.29) is 5.92 Å². The predicted molar refractivity (Wildman–Crippen MR) is 88.6 cm³/mol. The lowest BCUT2D eigenvalue weighted by Gasteiger charge is -2.07. The molecule has 6 nitrogen and oxygen atoms in total. The molecule has 6 heteroatoms. The number of nitrogens with zero attached hydrogens (tertiary/aromatic N) is 6. The van der Waals surface area contributed by atoms with Crippen molar-refractivity contribution >= 4 is 0 Å². The zero-order valence-electron chi connectivity index (χ0n) is 13.8. The van der Waals surface area contributed by atoms with Crippen LogP contribution in [0.3, 0.4) is 0 Å². The number of rotatable bonds is 6. The molecule has 0 bridgehead atoms. The second-order valence-electron chi connectivity index (χ2n) is 5.78. The molecule has 0 N–H and O–H groups in total. The van der Waals surface area contributed by atoms with Gasteiger partial charge in [-0.05, 0) is 12.1 Å². The summed E-state index contributed by atoms with van der Waals surface area (Å²) in [5.74, 6) is 3.98. The Balaban J connectivity index is 1.88. The van der Waals surface area contributed by atoms with Gasteiger partial charge in [0.2, 0.25) is 0 Å². The van der Waals surface area contributed by atoms with Gasteiger partial charge in [-0.25, -0.2) is 15.0 Å². The third-order valence-electron chi connectivity index (χ3n) is 3.77. The molecule has 0 aliphatic heterocycles. The van der Waals surface area contributed by atoms with E-state index in [9.17, 15) is 0 Å². The zero-order valence-corrected chi connectivity index (χ0v) is 13.8. The highest BCUT2D eigenvalue weighted by molar-refractivity contribution is 5.22. The topological polar surface area (TPSA) is 61.4 Å². The summed E-state index contributed by atoms with van der Waals surface area (Å²) in [5.41, 5.74) is 0. The molecule has 23 heavy (non-hydrogen) atoms. The van der Waals surface area contributed by atoms with E-state index >= 15 is 0 Å². The Morgan fingerprint density at radius 1 is 1.09 bits per heavy atom. The first-order chi connectivity index (χ1) is 11.2. The fourth-order valence-corrected chi connectivity index (χ4v) is 2.51. The molecule has 0 aromatic carbocycles. The van der Waals surface area contributed by atoms with Gasteiger partial charge in [-0.3, -0.25) is 0 Å². The summed E-state index contributed by atoms with van der Waals surface area (Å²) in [6.07, 6.45) is 7.36. The van der Waals surface area contributed by atoms with Crippen LogP contribution in [-0.2, 0) is 19.4 Å². The van der Waals surface area contributed by atoms with Crippen LogP contribution < -0.4 is 0 Å². The van der Waals surface area contributed by atoms with Gasteiger partial charge in [0.05, 0.1) is 0 Å². The molecule has 3 aromatic heterocycles. The summed E-state index contributed by atoms with van der Waals surface area (Å²) in [6.45, 7) is 7.16. The molecular weight excluding hydrogens is 288 g/mol. The summed E-state index contributed by atoms with van der Waals surface area (Å²) < 4.78 is 4.03. The Labute approximate surface area is 136 Å². The van der Waals surface area contributed by atoms with Crippen molar-refractivity contribution in [3.05, 3.63) is 54.3 Å². The Morgan fingerprint density at radius 3 is 2.65 bits per heavy atom. The lowest BCUT2D eigenvalue weighted by atomic mass is 10.2. The fourth-order valence-electron chi connectivity index (χ4n) is 2.51. The third kappa shape index (κ3) is 3.31. The number of imidazole rings is 1. The van der Waals surface area contributed by atoms with Crippen LogP contribution in [0, 0.1) is 0 Å². The molecule has 3 heterocycles. The molecule has 0 atom stereocenters. The van der Waals surface area contributed by atoms with Crippen LogP contribution in [-0.4, -0.2) is 29.3 Å². The highest BCUT2D eigenvalue weighted by Crippen LogP contribution is 2.14. The molecule has 0 aliphatic carbocycles. The van der Waals surface area contributed by atoms with Crippen molar-refractivity contribution in [2.75, 3.05) is 0 Å². The highest BCUT2D eigenvalue weighted by atomic mass is 15.4. The van der Waals surface area contributed by atoms with E-state index < -0.39 is 0 Å². The summed E-state index contributed by atoms with van der Waals surface area (Å²) in [7, 11) is 0. The molecule has 0 unspecified atom stereocenters. The summed E-state index contributed by atoms with van der Waals surface area (Å²) in [4.78, 5) is 13.5. The number of aromatic nitrogens is 6. The largest absolute Gasteiger partial charge is 0.334 e. The van der Waals surface area contributed by atoms with E-state index in [4.69, 9.17) is 4.98 Å². The Morgan fingerprint density at radius 2 is 1.96 bits per heavy atom. The van der Waals surface area contributed by atoms with Crippen molar-refractivity contribution in [1.82, 2.24) is 29.3 Å². The first-order valence-corrected chi connectivity index (χ1v) is 8.06. The van der Waals surface area contributed by atoms with E-state index in [1.807, 2.05) is 35.3 Å². The van der Waals surface area contributed by atoms with E-state index in [2.05, 4.69) is 40.4 Å². The first-order valence-electron chi connectivity index (χ1n) is 8.06. The van der Waals surface area contributed by atoms with Crippen LogP contribution in [0.2, 0.25) is 0 Å². The van der Waals surface area contributed by atoms with Gasteiger partial charge in [0, 0.05) is 43.9 Å². The smallest absolute Gasteiger partial charge is 0.155 e. The van der Waals surface area contributed by atoms with Crippen molar-refractivity contribution < 1.29 is 0 Å². The minimum atomic E-state index is 0.290. The van der Waals surface area contributed by atoms with Crippen molar-refractivity contribution in [1.29, 1.82) is 0 Å².